The fourth-order valence-corrected chi connectivity index (χ4v) is 4.91. The van der Waals surface area contributed by atoms with Gasteiger partial charge in [-0.25, -0.2) is 4.98 Å². The minimum Gasteiger partial charge on any atom is -0.378 e. The van der Waals surface area contributed by atoms with Gasteiger partial charge in [0.1, 0.15) is 5.82 Å². The minimum absolute atomic E-state index is 0.0658. The Bertz CT molecular complexity index is 1210. The van der Waals surface area contributed by atoms with Crippen LogP contribution in [0.2, 0.25) is 0 Å². The highest BCUT2D eigenvalue weighted by Gasteiger charge is 2.35. The van der Waals surface area contributed by atoms with Gasteiger partial charge in [0.2, 0.25) is 0 Å². The average molecular weight is 417 g/mol. The van der Waals surface area contributed by atoms with E-state index in [9.17, 15) is 4.79 Å². The van der Waals surface area contributed by atoms with E-state index in [0.717, 1.165) is 29.8 Å². The SMILES string of the molecule is CSc1nc2c(c(=O)[nH]1)C(c1ccc(N(C)C)cc1)C1=C(N2)c2ccccc2CC1. The monoisotopic (exact) mass is 416 g/mol. The van der Waals surface area contributed by atoms with Crippen molar-refractivity contribution >= 4 is 29.0 Å². The van der Waals surface area contributed by atoms with E-state index in [1.807, 2.05) is 20.4 Å². The van der Waals surface area contributed by atoms with Crippen molar-refractivity contribution in [3.63, 3.8) is 0 Å². The van der Waals surface area contributed by atoms with E-state index in [-0.39, 0.29) is 11.5 Å². The number of H-pyrrole nitrogens is 1. The summed E-state index contributed by atoms with van der Waals surface area (Å²) >= 11 is 1.44. The molecule has 1 aromatic heterocycles. The summed E-state index contributed by atoms with van der Waals surface area (Å²) in [7, 11) is 4.07. The lowest BCUT2D eigenvalue weighted by Gasteiger charge is -2.35. The van der Waals surface area contributed by atoms with Crippen LogP contribution in [0.5, 0.6) is 0 Å². The third-order valence-electron chi connectivity index (χ3n) is 6.02. The molecule has 6 heteroatoms. The van der Waals surface area contributed by atoms with Gasteiger partial charge in [0, 0.05) is 37.0 Å². The predicted molar refractivity (Wildman–Crippen MR) is 125 cm³/mol. The highest BCUT2D eigenvalue weighted by atomic mass is 32.2. The number of aryl methyl sites for hydroxylation is 1. The molecule has 0 spiro atoms. The molecule has 0 bridgehead atoms. The quantitative estimate of drug-likeness (QED) is 0.487. The highest BCUT2D eigenvalue weighted by molar-refractivity contribution is 7.98. The summed E-state index contributed by atoms with van der Waals surface area (Å²) in [4.78, 5) is 22.9. The van der Waals surface area contributed by atoms with Crippen LogP contribution in [0.4, 0.5) is 11.5 Å². The van der Waals surface area contributed by atoms with Gasteiger partial charge in [-0.05, 0) is 47.9 Å². The molecule has 152 valence electrons. The van der Waals surface area contributed by atoms with E-state index >= 15 is 0 Å². The van der Waals surface area contributed by atoms with E-state index in [1.165, 1.54) is 28.5 Å². The highest BCUT2D eigenvalue weighted by Crippen LogP contribution is 2.47. The first-order chi connectivity index (χ1) is 14.6. The number of hydrogen-bond acceptors (Lipinski definition) is 5. The van der Waals surface area contributed by atoms with Crippen LogP contribution in [0.25, 0.3) is 5.70 Å². The molecule has 2 aromatic carbocycles. The zero-order valence-corrected chi connectivity index (χ0v) is 18.1. The van der Waals surface area contributed by atoms with E-state index in [1.54, 1.807) is 0 Å². The van der Waals surface area contributed by atoms with Crippen molar-refractivity contribution in [2.24, 2.45) is 0 Å². The number of rotatable bonds is 3. The summed E-state index contributed by atoms with van der Waals surface area (Å²) in [5.74, 6) is 0.563. The standard InChI is InChI=1S/C24H24N4OS/c1-28(2)16-11-8-15(9-12-16)19-18-13-10-14-6-4-5-7-17(14)21(18)25-22-20(19)23(29)27-24(26-22)30-3/h4-9,11-12,19H,10,13H2,1-3H3,(H2,25,26,27,29). The summed E-state index contributed by atoms with van der Waals surface area (Å²) in [5.41, 5.74) is 7.84. The van der Waals surface area contributed by atoms with Crippen LogP contribution < -0.4 is 15.8 Å². The smallest absolute Gasteiger partial charge is 0.257 e. The van der Waals surface area contributed by atoms with Crippen LogP contribution in [0, 0.1) is 0 Å². The second kappa shape index (κ2) is 7.36. The Hall–Kier alpha value is -2.99. The zero-order chi connectivity index (χ0) is 20.8. The van der Waals surface area contributed by atoms with E-state index < -0.39 is 0 Å². The number of hydrogen-bond donors (Lipinski definition) is 2. The van der Waals surface area contributed by atoms with Crippen molar-refractivity contribution in [2.45, 2.75) is 23.9 Å². The Kier molecular flexibility index (Phi) is 4.66. The molecule has 0 fully saturated rings. The van der Waals surface area contributed by atoms with Gasteiger partial charge >= 0.3 is 0 Å². The van der Waals surface area contributed by atoms with Crippen molar-refractivity contribution in [3.8, 4) is 0 Å². The van der Waals surface area contributed by atoms with Crippen LogP contribution in [0.3, 0.4) is 0 Å². The van der Waals surface area contributed by atoms with Gasteiger partial charge in [-0.3, -0.25) is 4.79 Å². The third kappa shape index (κ3) is 3.03. The first-order valence-corrected chi connectivity index (χ1v) is 11.3. The van der Waals surface area contributed by atoms with Crippen LogP contribution in [-0.2, 0) is 6.42 Å². The van der Waals surface area contributed by atoms with E-state index in [4.69, 9.17) is 4.98 Å². The molecule has 5 rings (SSSR count). The largest absolute Gasteiger partial charge is 0.378 e. The lowest BCUT2D eigenvalue weighted by Crippen LogP contribution is -2.29. The Morgan fingerprint density at radius 2 is 1.83 bits per heavy atom. The second-order valence-electron chi connectivity index (χ2n) is 7.94. The normalized spacial score (nSPS) is 17.0. The van der Waals surface area contributed by atoms with Crippen LogP contribution in [0.1, 0.15) is 34.6 Å². The van der Waals surface area contributed by atoms with Crippen LogP contribution in [-0.4, -0.2) is 30.3 Å². The van der Waals surface area contributed by atoms with Gasteiger partial charge in [-0.2, -0.15) is 0 Å². The molecular weight excluding hydrogens is 392 g/mol. The molecule has 1 atom stereocenters. The van der Waals surface area contributed by atoms with Crippen molar-refractivity contribution in [1.82, 2.24) is 9.97 Å². The summed E-state index contributed by atoms with van der Waals surface area (Å²) < 4.78 is 0. The Morgan fingerprint density at radius 3 is 2.57 bits per heavy atom. The molecule has 5 nitrogen and oxygen atoms in total. The number of aromatic nitrogens is 2. The third-order valence-corrected chi connectivity index (χ3v) is 6.60. The van der Waals surface area contributed by atoms with Crippen molar-refractivity contribution in [3.05, 3.63) is 86.7 Å². The fourth-order valence-electron chi connectivity index (χ4n) is 4.53. The molecule has 1 unspecified atom stereocenters. The summed E-state index contributed by atoms with van der Waals surface area (Å²) in [6.45, 7) is 0. The lowest BCUT2D eigenvalue weighted by molar-refractivity contribution is 0.774. The molecule has 0 amide bonds. The summed E-state index contributed by atoms with van der Waals surface area (Å²) in [6.07, 6.45) is 3.82. The molecule has 2 N–H and O–H groups in total. The topological polar surface area (TPSA) is 61.0 Å². The van der Waals surface area contributed by atoms with E-state index in [0.29, 0.717) is 16.5 Å². The number of nitrogens with zero attached hydrogens (tertiary/aromatic N) is 2. The predicted octanol–water partition coefficient (Wildman–Crippen LogP) is 4.47. The number of fused-ring (bicyclic) bond motifs is 3. The molecule has 0 saturated heterocycles. The summed E-state index contributed by atoms with van der Waals surface area (Å²) in [5, 5.41) is 4.15. The van der Waals surface area contributed by atoms with Crippen LogP contribution in [0.15, 0.2) is 64.1 Å². The van der Waals surface area contributed by atoms with Gasteiger partial charge in [-0.15, -0.1) is 0 Å². The molecule has 30 heavy (non-hydrogen) atoms. The maximum atomic E-state index is 13.1. The molecule has 2 heterocycles. The molecule has 3 aromatic rings. The first-order valence-electron chi connectivity index (χ1n) is 10.1. The lowest BCUT2D eigenvalue weighted by atomic mass is 9.75. The van der Waals surface area contributed by atoms with Gasteiger partial charge < -0.3 is 15.2 Å². The molecule has 2 aliphatic rings. The van der Waals surface area contributed by atoms with E-state index in [2.05, 4.69) is 63.7 Å². The number of allylic oxidation sites excluding steroid dienone is 1. The average Bonchev–Trinajstić information content (AvgIpc) is 2.77. The molecule has 1 aliphatic heterocycles. The summed E-state index contributed by atoms with van der Waals surface area (Å²) in [6, 6.07) is 17.0. The number of aromatic amines is 1. The van der Waals surface area contributed by atoms with Crippen molar-refractivity contribution in [1.29, 1.82) is 0 Å². The Balaban J connectivity index is 1.74. The van der Waals surface area contributed by atoms with Crippen molar-refractivity contribution in [2.75, 3.05) is 30.6 Å². The molecule has 1 aliphatic carbocycles. The van der Waals surface area contributed by atoms with Gasteiger partial charge in [-0.1, -0.05) is 48.2 Å². The number of benzene rings is 2. The maximum absolute atomic E-state index is 13.1. The molecular formula is C24H24N4OS. The van der Waals surface area contributed by atoms with Crippen LogP contribution >= 0.6 is 11.8 Å². The van der Waals surface area contributed by atoms with Gasteiger partial charge in [0.25, 0.3) is 5.56 Å². The number of thioether (sulfide) groups is 1. The van der Waals surface area contributed by atoms with Gasteiger partial charge in [0.15, 0.2) is 5.16 Å². The minimum atomic E-state index is -0.104. The Labute approximate surface area is 180 Å². The molecule has 0 radical (unpaired) electrons. The first kappa shape index (κ1) is 19.0. The van der Waals surface area contributed by atoms with Gasteiger partial charge in [0.05, 0.1) is 5.56 Å². The number of anilines is 2. The zero-order valence-electron chi connectivity index (χ0n) is 17.3. The molecule has 0 saturated carbocycles. The Morgan fingerprint density at radius 1 is 1.07 bits per heavy atom. The number of nitrogens with one attached hydrogen (secondary N) is 2. The maximum Gasteiger partial charge on any atom is 0.257 e. The second-order valence-corrected chi connectivity index (χ2v) is 8.73. The fraction of sp³-hybridized carbons (Fsp3) is 0.250. The van der Waals surface area contributed by atoms with Crippen molar-refractivity contribution < 1.29 is 0 Å².